The van der Waals surface area contributed by atoms with Crippen molar-refractivity contribution >= 4 is 17.7 Å². The zero-order valence-electron chi connectivity index (χ0n) is 18.0. The summed E-state index contributed by atoms with van der Waals surface area (Å²) in [6.45, 7) is 1.52. The van der Waals surface area contributed by atoms with E-state index in [2.05, 4.69) is 24.9 Å². The van der Waals surface area contributed by atoms with Gasteiger partial charge in [0.1, 0.15) is 5.82 Å². The van der Waals surface area contributed by atoms with Crippen LogP contribution in [0.2, 0.25) is 0 Å². The molecule has 3 rings (SSSR count). The smallest absolute Gasteiger partial charge is 0.365 e. The molecule has 15 heteroatoms. The predicted octanol–water partition coefficient (Wildman–Crippen LogP) is 2.42. The molecule has 182 valence electrons. The number of amides is 1. The number of aliphatic imine (C=N–C) groups is 1. The molecule has 12 nitrogen and oxygen atoms in total. The monoisotopic (exact) mass is 489 g/mol. The summed E-state index contributed by atoms with van der Waals surface area (Å²) < 4.78 is 38.6. The second-order valence-electron chi connectivity index (χ2n) is 7.02. The number of nitrogens with zero attached hydrogens (tertiary/aromatic N) is 7. The van der Waals surface area contributed by atoms with Crippen molar-refractivity contribution in [2.24, 2.45) is 10.7 Å². The van der Waals surface area contributed by atoms with Gasteiger partial charge in [-0.1, -0.05) is 5.43 Å². The standard InChI is InChI=1S/C20H18F3N9O3/c1-12(17-25-7-2-8-26-17)31(11-15-5-4-14(10-27-15)20(21,22)23)18(33)13-3-6-16(28-9-13)29-19(24)30-32(34)35/h2-10,12H,11H2,1H3,(H3,24,28,29,30). The lowest BCUT2D eigenvalue weighted by molar-refractivity contribution is -0.525. The largest absolute Gasteiger partial charge is 0.417 e. The molecule has 0 fully saturated rings. The first-order valence-corrected chi connectivity index (χ1v) is 9.86. The van der Waals surface area contributed by atoms with E-state index in [0.29, 0.717) is 12.0 Å². The van der Waals surface area contributed by atoms with Gasteiger partial charge in [0, 0.05) is 24.8 Å². The molecule has 1 unspecified atom stereocenters. The number of carbonyl (C=O) groups is 1. The highest BCUT2D eigenvalue weighted by atomic mass is 19.4. The fourth-order valence-corrected chi connectivity index (χ4v) is 2.90. The lowest BCUT2D eigenvalue weighted by Crippen LogP contribution is -2.35. The number of aromatic nitrogens is 4. The molecule has 0 spiro atoms. The van der Waals surface area contributed by atoms with Crippen LogP contribution in [0.3, 0.4) is 0 Å². The molecular formula is C20H18F3N9O3. The van der Waals surface area contributed by atoms with Crippen LogP contribution in [0.25, 0.3) is 0 Å². The van der Waals surface area contributed by atoms with Crippen molar-refractivity contribution in [2.75, 3.05) is 0 Å². The minimum Gasteiger partial charge on any atom is -0.365 e. The number of rotatable bonds is 7. The first-order valence-electron chi connectivity index (χ1n) is 9.86. The van der Waals surface area contributed by atoms with Gasteiger partial charge in [0.15, 0.2) is 10.9 Å². The van der Waals surface area contributed by atoms with Crippen molar-refractivity contribution in [3.8, 4) is 0 Å². The van der Waals surface area contributed by atoms with Gasteiger partial charge in [-0.3, -0.25) is 9.78 Å². The maximum absolute atomic E-state index is 13.3. The summed E-state index contributed by atoms with van der Waals surface area (Å²) >= 11 is 0. The molecule has 0 aliphatic heterocycles. The number of carbonyl (C=O) groups excluding carboxylic acids is 1. The third-order valence-electron chi connectivity index (χ3n) is 4.61. The topological polar surface area (TPSA) is 165 Å². The molecule has 0 aliphatic carbocycles. The van der Waals surface area contributed by atoms with Crippen molar-refractivity contribution < 1.29 is 23.0 Å². The van der Waals surface area contributed by atoms with E-state index in [1.165, 1.54) is 41.7 Å². The van der Waals surface area contributed by atoms with Gasteiger partial charge in [-0.25, -0.2) is 25.1 Å². The summed E-state index contributed by atoms with van der Waals surface area (Å²) in [6, 6.07) is 5.68. The lowest BCUT2D eigenvalue weighted by Gasteiger charge is -2.28. The molecule has 3 N–H and O–H groups in total. The van der Waals surface area contributed by atoms with Crippen molar-refractivity contribution in [1.29, 1.82) is 0 Å². The minimum absolute atomic E-state index is 0.00352. The second-order valence-corrected chi connectivity index (χ2v) is 7.02. The van der Waals surface area contributed by atoms with Crippen molar-refractivity contribution in [3.63, 3.8) is 0 Å². The predicted molar refractivity (Wildman–Crippen MR) is 115 cm³/mol. The van der Waals surface area contributed by atoms with Crippen molar-refractivity contribution in [1.82, 2.24) is 30.3 Å². The van der Waals surface area contributed by atoms with Gasteiger partial charge in [-0.05, 0) is 37.3 Å². The number of hydrogen-bond donors (Lipinski definition) is 2. The van der Waals surface area contributed by atoms with Crippen LogP contribution >= 0.6 is 0 Å². The second kappa shape index (κ2) is 10.5. The molecule has 3 heterocycles. The van der Waals surface area contributed by atoms with Crippen molar-refractivity contribution in [3.05, 3.63) is 87.9 Å². The number of halogens is 3. The molecule has 0 saturated carbocycles. The van der Waals surface area contributed by atoms with Gasteiger partial charge in [0.05, 0.1) is 29.4 Å². The van der Waals surface area contributed by atoms with E-state index in [1.54, 1.807) is 18.4 Å². The van der Waals surface area contributed by atoms with Crippen molar-refractivity contribution in [2.45, 2.75) is 25.7 Å². The van der Waals surface area contributed by atoms with E-state index in [0.717, 1.165) is 6.07 Å². The third-order valence-corrected chi connectivity index (χ3v) is 4.61. The highest BCUT2D eigenvalue weighted by Gasteiger charge is 2.31. The van der Waals surface area contributed by atoms with E-state index in [1.807, 2.05) is 0 Å². The summed E-state index contributed by atoms with van der Waals surface area (Å²) in [5, 5.41) is 9.52. The summed E-state index contributed by atoms with van der Waals surface area (Å²) in [7, 11) is 0. The normalized spacial score (nSPS) is 12.6. The molecule has 1 amide bonds. The summed E-state index contributed by atoms with van der Waals surface area (Å²) in [5.41, 5.74) is 6.44. The molecule has 0 aliphatic rings. The summed E-state index contributed by atoms with van der Waals surface area (Å²) in [6.07, 6.45) is 0.331. The Labute approximate surface area is 195 Å². The molecule has 1 atom stereocenters. The Balaban J connectivity index is 1.88. The highest BCUT2D eigenvalue weighted by molar-refractivity contribution is 5.94. The van der Waals surface area contributed by atoms with E-state index in [9.17, 15) is 28.1 Å². The van der Waals surface area contributed by atoms with E-state index < -0.39 is 34.7 Å². The van der Waals surface area contributed by atoms with Crippen LogP contribution < -0.4 is 11.2 Å². The summed E-state index contributed by atoms with van der Waals surface area (Å²) in [5.74, 6) is -0.734. The molecule has 0 bridgehead atoms. The van der Waals surface area contributed by atoms with Crippen LogP contribution in [0, 0.1) is 10.1 Å². The van der Waals surface area contributed by atoms with Gasteiger partial charge >= 0.3 is 6.18 Å². The Morgan fingerprint density at radius 3 is 2.43 bits per heavy atom. The number of nitro groups is 1. The maximum atomic E-state index is 13.3. The number of hydrogen-bond acceptors (Lipinski definition) is 8. The molecule has 35 heavy (non-hydrogen) atoms. The van der Waals surface area contributed by atoms with Gasteiger partial charge in [-0.2, -0.15) is 18.2 Å². The minimum atomic E-state index is -4.54. The number of alkyl halides is 3. The van der Waals surface area contributed by atoms with Gasteiger partial charge < -0.3 is 10.6 Å². The summed E-state index contributed by atoms with van der Waals surface area (Å²) in [4.78, 5) is 44.9. The van der Waals surface area contributed by atoms with Crippen LogP contribution in [0.4, 0.5) is 19.0 Å². The Morgan fingerprint density at radius 2 is 1.89 bits per heavy atom. The van der Waals surface area contributed by atoms with E-state index in [4.69, 9.17) is 5.73 Å². The fraction of sp³-hybridized carbons (Fsp3) is 0.200. The number of nitrogens with one attached hydrogen (secondary N) is 1. The van der Waals surface area contributed by atoms with Crippen LogP contribution in [-0.4, -0.2) is 41.7 Å². The SMILES string of the molecule is CC(c1ncccn1)N(Cc1ccc(C(F)(F)F)cn1)C(=O)c1ccc(N=C(N)N[N+](=O)[O-])nc1. The number of hydrazine groups is 1. The average Bonchev–Trinajstić information content (AvgIpc) is 2.82. The maximum Gasteiger partial charge on any atom is 0.417 e. The third kappa shape index (κ3) is 6.66. The molecule has 0 saturated heterocycles. The van der Waals surface area contributed by atoms with Gasteiger partial charge in [0.25, 0.3) is 11.9 Å². The fourth-order valence-electron chi connectivity index (χ4n) is 2.90. The zero-order chi connectivity index (χ0) is 25.6. The average molecular weight is 489 g/mol. The Bertz CT molecular complexity index is 1200. The van der Waals surface area contributed by atoms with Crippen LogP contribution in [0.15, 0.2) is 60.1 Å². The Morgan fingerprint density at radius 1 is 1.17 bits per heavy atom. The molecular weight excluding hydrogens is 471 g/mol. The first kappa shape index (κ1) is 24.9. The van der Waals surface area contributed by atoms with Crippen LogP contribution in [0.1, 0.15) is 40.4 Å². The Kier molecular flexibility index (Phi) is 7.48. The lowest BCUT2D eigenvalue weighted by atomic mass is 10.1. The Hall–Kier alpha value is -4.69. The number of guanidine groups is 1. The number of pyridine rings is 2. The molecule has 3 aromatic rings. The molecule has 0 aromatic carbocycles. The molecule has 0 radical (unpaired) electrons. The van der Waals surface area contributed by atoms with E-state index in [-0.39, 0.29) is 23.6 Å². The molecule has 3 aromatic heterocycles. The quantitative estimate of drug-likeness (QED) is 0.219. The van der Waals surface area contributed by atoms with Crippen LogP contribution in [0.5, 0.6) is 0 Å². The van der Waals surface area contributed by atoms with Gasteiger partial charge in [0.2, 0.25) is 0 Å². The zero-order valence-corrected chi connectivity index (χ0v) is 18.0. The van der Waals surface area contributed by atoms with Gasteiger partial charge in [-0.15, -0.1) is 0 Å². The highest BCUT2D eigenvalue weighted by Crippen LogP contribution is 2.29. The van der Waals surface area contributed by atoms with E-state index >= 15 is 0 Å². The first-order chi connectivity index (χ1) is 16.5. The number of nitrogens with two attached hydrogens (primary N) is 1. The van der Waals surface area contributed by atoms with Crippen LogP contribution in [-0.2, 0) is 12.7 Å².